The van der Waals surface area contributed by atoms with Crippen molar-refractivity contribution in [3.8, 4) is 11.3 Å². The Hall–Kier alpha value is -1.72. The van der Waals surface area contributed by atoms with Crippen LogP contribution in [0.25, 0.3) is 11.3 Å². The van der Waals surface area contributed by atoms with Gasteiger partial charge < -0.3 is 10.6 Å². The number of hydrogen-bond donors (Lipinski definition) is 2. The molecule has 1 fully saturated rings. The number of nitrogens with zero attached hydrogens (tertiary/aromatic N) is 1. The largest absolute Gasteiger partial charge is 0.316 e. The van der Waals surface area contributed by atoms with E-state index in [1.165, 1.54) is 36.0 Å². The van der Waals surface area contributed by atoms with Crippen LogP contribution in [0.3, 0.4) is 0 Å². The van der Waals surface area contributed by atoms with Gasteiger partial charge in [0.25, 0.3) is 0 Å². The Labute approximate surface area is 140 Å². The monoisotopic (exact) mass is 327 g/mol. The molecule has 1 aromatic heterocycles. The summed E-state index contributed by atoms with van der Waals surface area (Å²) < 4.78 is 0. The summed E-state index contributed by atoms with van der Waals surface area (Å²) in [5, 5.41) is 6.94. The lowest BCUT2D eigenvalue weighted by molar-refractivity contribution is -0.119. The third kappa shape index (κ3) is 2.91. The van der Waals surface area contributed by atoms with Gasteiger partial charge in [0, 0.05) is 17.0 Å². The van der Waals surface area contributed by atoms with E-state index in [9.17, 15) is 4.79 Å². The Morgan fingerprint density at radius 1 is 1.35 bits per heavy atom. The van der Waals surface area contributed by atoms with Crippen molar-refractivity contribution in [1.29, 1.82) is 0 Å². The first-order chi connectivity index (χ1) is 11.2. The van der Waals surface area contributed by atoms with Crippen LogP contribution in [-0.2, 0) is 17.6 Å². The van der Waals surface area contributed by atoms with Crippen molar-refractivity contribution in [2.24, 2.45) is 5.92 Å². The quantitative estimate of drug-likeness (QED) is 0.910. The zero-order valence-corrected chi connectivity index (χ0v) is 14.1. The molecule has 0 bridgehead atoms. The average Bonchev–Trinajstić information content (AvgIpc) is 3.26. The maximum absolute atomic E-state index is 12.2. The highest BCUT2D eigenvalue weighted by molar-refractivity contribution is 7.16. The van der Waals surface area contributed by atoms with Crippen LogP contribution in [0.5, 0.6) is 0 Å². The lowest BCUT2D eigenvalue weighted by Gasteiger charge is -2.06. The normalized spacial score (nSPS) is 19.8. The molecule has 2 aromatic rings. The molecule has 4 nitrogen and oxygen atoms in total. The summed E-state index contributed by atoms with van der Waals surface area (Å²) in [6, 6.07) is 6.68. The van der Waals surface area contributed by atoms with Gasteiger partial charge in [-0.15, -0.1) is 11.3 Å². The number of rotatable bonds is 3. The lowest BCUT2D eigenvalue weighted by Crippen LogP contribution is -2.24. The molecule has 4 rings (SSSR count). The SMILES string of the molecule is Cc1sc(NC(=O)C2CCNC2)nc1-c1ccc2c(c1)CCC2. The molecular weight excluding hydrogens is 306 g/mol. The predicted octanol–water partition coefficient (Wildman–Crippen LogP) is 3.16. The topological polar surface area (TPSA) is 54.0 Å². The fraction of sp³-hybridized carbons (Fsp3) is 0.444. The van der Waals surface area contributed by atoms with Crippen LogP contribution < -0.4 is 10.6 Å². The van der Waals surface area contributed by atoms with Crippen LogP contribution >= 0.6 is 11.3 Å². The number of anilines is 1. The molecule has 1 aliphatic heterocycles. The van der Waals surface area contributed by atoms with Gasteiger partial charge in [-0.3, -0.25) is 4.79 Å². The van der Waals surface area contributed by atoms with E-state index >= 15 is 0 Å². The van der Waals surface area contributed by atoms with Gasteiger partial charge in [0.05, 0.1) is 11.6 Å². The summed E-state index contributed by atoms with van der Waals surface area (Å²) in [5.74, 6) is 0.159. The number of nitrogens with one attached hydrogen (secondary N) is 2. The molecule has 0 saturated carbocycles. The van der Waals surface area contributed by atoms with Crippen molar-refractivity contribution in [3.63, 3.8) is 0 Å². The average molecular weight is 327 g/mol. The number of amides is 1. The lowest BCUT2D eigenvalue weighted by atomic mass is 10.0. The van der Waals surface area contributed by atoms with Crippen LogP contribution in [0.1, 0.15) is 28.8 Å². The Balaban J connectivity index is 1.56. The Morgan fingerprint density at radius 3 is 3.04 bits per heavy atom. The van der Waals surface area contributed by atoms with Gasteiger partial charge in [-0.2, -0.15) is 0 Å². The van der Waals surface area contributed by atoms with Gasteiger partial charge in [0.1, 0.15) is 0 Å². The summed E-state index contributed by atoms with van der Waals surface area (Å²) in [6.07, 6.45) is 4.53. The van der Waals surface area contributed by atoms with Crippen molar-refractivity contribution in [3.05, 3.63) is 34.2 Å². The Morgan fingerprint density at radius 2 is 2.22 bits per heavy atom. The first kappa shape index (κ1) is 14.8. The number of aromatic nitrogens is 1. The van der Waals surface area contributed by atoms with E-state index in [2.05, 4.69) is 40.7 Å². The molecule has 0 spiro atoms. The number of carbonyl (C=O) groups excluding carboxylic acids is 1. The minimum Gasteiger partial charge on any atom is -0.316 e. The van der Waals surface area contributed by atoms with Gasteiger partial charge in [-0.25, -0.2) is 4.98 Å². The number of aryl methyl sites for hydroxylation is 3. The second-order valence-corrected chi connectivity index (χ2v) is 7.64. The minimum atomic E-state index is 0.0719. The summed E-state index contributed by atoms with van der Waals surface area (Å²) in [6.45, 7) is 3.77. The second-order valence-electron chi connectivity index (χ2n) is 6.44. The van der Waals surface area contributed by atoms with E-state index in [1.807, 2.05) is 0 Å². The smallest absolute Gasteiger partial charge is 0.230 e. The fourth-order valence-corrected chi connectivity index (χ4v) is 4.36. The number of thiazole rings is 1. The predicted molar refractivity (Wildman–Crippen MR) is 93.9 cm³/mol. The summed E-state index contributed by atoms with van der Waals surface area (Å²) in [4.78, 5) is 18.1. The molecule has 1 saturated heterocycles. The number of hydrogen-bond acceptors (Lipinski definition) is 4. The molecule has 120 valence electrons. The first-order valence-corrected chi connectivity index (χ1v) is 9.13. The van der Waals surface area contributed by atoms with Crippen molar-refractivity contribution >= 4 is 22.4 Å². The maximum atomic E-state index is 12.2. The Kier molecular flexibility index (Phi) is 3.91. The molecule has 23 heavy (non-hydrogen) atoms. The standard InChI is InChI=1S/C18H21N3OS/c1-11-16(14-6-5-12-3-2-4-13(12)9-14)20-18(23-11)21-17(22)15-7-8-19-10-15/h5-6,9,15,19H,2-4,7-8,10H2,1H3,(H,20,21,22). The molecule has 2 N–H and O–H groups in total. The molecule has 1 atom stereocenters. The van der Waals surface area contributed by atoms with Crippen LogP contribution in [-0.4, -0.2) is 24.0 Å². The number of fused-ring (bicyclic) bond motifs is 1. The highest BCUT2D eigenvalue weighted by atomic mass is 32.1. The molecule has 5 heteroatoms. The van der Waals surface area contributed by atoms with E-state index in [0.717, 1.165) is 35.2 Å². The summed E-state index contributed by atoms with van der Waals surface area (Å²) >= 11 is 1.57. The third-order valence-electron chi connectivity index (χ3n) is 4.83. The highest BCUT2D eigenvalue weighted by Crippen LogP contribution is 2.33. The molecule has 0 radical (unpaired) electrons. The fourth-order valence-electron chi connectivity index (χ4n) is 3.52. The van der Waals surface area contributed by atoms with Gasteiger partial charge in [0.15, 0.2) is 5.13 Å². The molecule has 2 aliphatic rings. The number of carbonyl (C=O) groups is 1. The van der Waals surface area contributed by atoms with Gasteiger partial charge in [-0.05, 0) is 56.3 Å². The third-order valence-corrected chi connectivity index (χ3v) is 5.72. The second kappa shape index (κ2) is 6.06. The van der Waals surface area contributed by atoms with Gasteiger partial charge in [0.2, 0.25) is 5.91 Å². The van der Waals surface area contributed by atoms with Crippen molar-refractivity contribution in [2.75, 3.05) is 18.4 Å². The minimum absolute atomic E-state index is 0.0719. The van der Waals surface area contributed by atoms with Crippen molar-refractivity contribution in [2.45, 2.75) is 32.6 Å². The van der Waals surface area contributed by atoms with Gasteiger partial charge in [-0.1, -0.05) is 12.1 Å². The van der Waals surface area contributed by atoms with E-state index < -0.39 is 0 Å². The molecule has 1 aromatic carbocycles. The van der Waals surface area contributed by atoms with Gasteiger partial charge >= 0.3 is 0 Å². The zero-order valence-electron chi connectivity index (χ0n) is 13.3. The Bertz CT molecular complexity index is 747. The van der Waals surface area contributed by atoms with Crippen molar-refractivity contribution < 1.29 is 4.79 Å². The van der Waals surface area contributed by atoms with Crippen molar-refractivity contribution in [1.82, 2.24) is 10.3 Å². The maximum Gasteiger partial charge on any atom is 0.230 e. The molecular formula is C18H21N3OS. The van der Waals surface area contributed by atoms with Crippen LogP contribution in [0.15, 0.2) is 18.2 Å². The summed E-state index contributed by atoms with van der Waals surface area (Å²) in [5.41, 5.74) is 5.10. The van der Waals surface area contributed by atoms with Crippen LogP contribution in [0.2, 0.25) is 0 Å². The highest BCUT2D eigenvalue weighted by Gasteiger charge is 2.23. The molecule has 1 amide bonds. The van der Waals surface area contributed by atoms with E-state index in [-0.39, 0.29) is 11.8 Å². The first-order valence-electron chi connectivity index (χ1n) is 8.32. The number of benzene rings is 1. The van der Waals surface area contributed by atoms with E-state index in [1.54, 1.807) is 11.3 Å². The van der Waals surface area contributed by atoms with Crippen LogP contribution in [0.4, 0.5) is 5.13 Å². The zero-order chi connectivity index (χ0) is 15.8. The molecule has 1 unspecified atom stereocenters. The van der Waals surface area contributed by atoms with E-state index in [0.29, 0.717) is 0 Å². The molecule has 2 heterocycles. The van der Waals surface area contributed by atoms with Crippen LogP contribution in [0, 0.1) is 12.8 Å². The summed E-state index contributed by atoms with van der Waals surface area (Å²) in [7, 11) is 0. The van der Waals surface area contributed by atoms with E-state index in [4.69, 9.17) is 0 Å². The molecule has 1 aliphatic carbocycles.